The third kappa shape index (κ3) is 2.50. The fraction of sp³-hybridized carbons (Fsp3) is 0.154. The Morgan fingerprint density at radius 1 is 1.16 bits per heavy atom. The van der Waals surface area contributed by atoms with E-state index in [0.717, 1.165) is 18.3 Å². The highest BCUT2D eigenvalue weighted by Gasteiger charge is 2.32. The molecule has 1 unspecified atom stereocenters. The summed E-state index contributed by atoms with van der Waals surface area (Å²) in [4.78, 5) is 3.79. The molecule has 0 bridgehead atoms. The lowest BCUT2D eigenvalue weighted by molar-refractivity contribution is 0.470. The van der Waals surface area contributed by atoms with Crippen LogP contribution in [0.15, 0.2) is 34.9 Å². The Kier molecular flexibility index (Phi) is 3.64. The molecule has 1 atom stereocenters. The van der Waals surface area contributed by atoms with Crippen molar-refractivity contribution in [1.82, 2.24) is 4.98 Å². The molecule has 0 amide bonds. The molecule has 0 spiro atoms. The molecule has 100 valence electrons. The third-order valence-electron chi connectivity index (χ3n) is 2.82. The van der Waals surface area contributed by atoms with Gasteiger partial charge in [-0.25, -0.2) is 13.2 Å². The molecule has 0 aliphatic heterocycles. The second-order valence-corrected chi connectivity index (χ2v) is 5.14. The van der Waals surface area contributed by atoms with Crippen molar-refractivity contribution in [3.63, 3.8) is 0 Å². The van der Waals surface area contributed by atoms with Crippen LogP contribution in [-0.4, -0.2) is 4.98 Å². The van der Waals surface area contributed by atoms with E-state index in [1.807, 2.05) is 0 Å². The topological polar surface area (TPSA) is 38.9 Å². The summed E-state index contributed by atoms with van der Waals surface area (Å²) in [6.45, 7) is 1.42. The molecule has 0 radical (unpaired) electrons. The molecule has 0 aliphatic carbocycles. The number of hydrogen-bond acceptors (Lipinski definition) is 2. The van der Waals surface area contributed by atoms with Crippen LogP contribution in [0.4, 0.5) is 13.2 Å². The smallest absolute Gasteiger partial charge is 0.145 e. The molecular formula is C13H10BrF3N2. The monoisotopic (exact) mass is 330 g/mol. The van der Waals surface area contributed by atoms with E-state index in [0.29, 0.717) is 0 Å². The van der Waals surface area contributed by atoms with Gasteiger partial charge in [0.15, 0.2) is 0 Å². The number of nitrogens with two attached hydrogens (primary N) is 1. The second-order valence-electron chi connectivity index (χ2n) is 4.28. The van der Waals surface area contributed by atoms with E-state index in [2.05, 4.69) is 20.9 Å². The summed E-state index contributed by atoms with van der Waals surface area (Å²) in [5.74, 6) is -2.12. The molecule has 2 rings (SSSR count). The van der Waals surface area contributed by atoms with Crippen LogP contribution in [0, 0.1) is 17.5 Å². The molecule has 0 saturated heterocycles. The highest BCUT2D eigenvalue weighted by atomic mass is 79.9. The standard InChI is InChI=1S/C13H10BrF3N2/c1-13(18,10-5-2-7(15)6-19-10)11-9(16)4-3-8(14)12(11)17/h2-6H,18H2,1H3. The second kappa shape index (κ2) is 4.94. The molecule has 0 fully saturated rings. The van der Waals surface area contributed by atoms with Crippen LogP contribution >= 0.6 is 15.9 Å². The lowest BCUT2D eigenvalue weighted by Crippen LogP contribution is -2.37. The number of nitrogens with zero attached hydrogens (tertiary/aromatic N) is 1. The quantitative estimate of drug-likeness (QED) is 0.856. The van der Waals surface area contributed by atoms with E-state index >= 15 is 0 Å². The van der Waals surface area contributed by atoms with Gasteiger partial charge in [-0.2, -0.15) is 0 Å². The predicted octanol–water partition coefficient (Wildman–Crippen LogP) is 3.48. The lowest BCUT2D eigenvalue weighted by atomic mass is 9.88. The fourth-order valence-electron chi connectivity index (χ4n) is 1.81. The van der Waals surface area contributed by atoms with Gasteiger partial charge in [-0.05, 0) is 47.1 Å². The van der Waals surface area contributed by atoms with Crippen molar-refractivity contribution in [2.45, 2.75) is 12.5 Å². The number of benzene rings is 1. The maximum absolute atomic E-state index is 14.1. The zero-order valence-electron chi connectivity index (χ0n) is 9.92. The van der Waals surface area contributed by atoms with Crippen LogP contribution in [0.25, 0.3) is 0 Å². The van der Waals surface area contributed by atoms with Crippen LogP contribution in [0.3, 0.4) is 0 Å². The Bertz CT molecular complexity index is 612. The summed E-state index contributed by atoms with van der Waals surface area (Å²) in [5.41, 5.74) is 4.34. The molecule has 1 aromatic heterocycles. The summed E-state index contributed by atoms with van der Waals surface area (Å²) >= 11 is 2.98. The van der Waals surface area contributed by atoms with Gasteiger partial charge in [0, 0.05) is 0 Å². The average Bonchev–Trinajstić information content (AvgIpc) is 2.34. The molecule has 6 heteroatoms. The Balaban J connectivity index is 2.62. The van der Waals surface area contributed by atoms with Gasteiger partial charge in [-0.3, -0.25) is 4.98 Å². The third-order valence-corrected chi connectivity index (χ3v) is 3.44. The molecule has 2 nitrogen and oxygen atoms in total. The van der Waals surface area contributed by atoms with Gasteiger partial charge in [-0.1, -0.05) is 0 Å². The van der Waals surface area contributed by atoms with E-state index in [1.54, 1.807) is 0 Å². The maximum atomic E-state index is 14.1. The van der Waals surface area contributed by atoms with Gasteiger partial charge in [-0.15, -0.1) is 0 Å². The van der Waals surface area contributed by atoms with E-state index in [9.17, 15) is 13.2 Å². The van der Waals surface area contributed by atoms with E-state index in [-0.39, 0.29) is 15.7 Å². The van der Waals surface area contributed by atoms with Crippen LogP contribution in [0.5, 0.6) is 0 Å². The van der Waals surface area contributed by atoms with Crippen molar-refractivity contribution in [3.8, 4) is 0 Å². The Morgan fingerprint density at radius 3 is 2.42 bits per heavy atom. The van der Waals surface area contributed by atoms with Crippen molar-refractivity contribution in [2.75, 3.05) is 0 Å². The summed E-state index contributed by atoms with van der Waals surface area (Å²) in [6, 6.07) is 4.80. The first kappa shape index (κ1) is 14.0. The summed E-state index contributed by atoms with van der Waals surface area (Å²) in [6.07, 6.45) is 0.953. The summed E-state index contributed by atoms with van der Waals surface area (Å²) in [5, 5.41) is 0. The van der Waals surface area contributed by atoms with Gasteiger partial charge < -0.3 is 5.73 Å². The van der Waals surface area contributed by atoms with E-state index in [4.69, 9.17) is 5.73 Å². The molecule has 0 aliphatic rings. The minimum atomic E-state index is -1.51. The number of aromatic nitrogens is 1. The first-order valence-corrected chi connectivity index (χ1v) is 6.18. The Hall–Kier alpha value is -1.40. The predicted molar refractivity (Wildman–Crippen MR) is 68.9 cm³/mol. The molecule has 0 saturated carbocycles. The lowest BCUT2D eigenvalue weighted by Gasteiger charge is -2.26. The first-order valence-electron chi connectivity index (χ1n) is 5.39. The van der Waals surface area contributed by atoms with Crippen molar-refractivity contribution >= 4 is 15.9 Å². The number of rotatable bonds is 2. The van der Waals surface area contributed by atoms with Crippen molar-refractivity contribution in [1.29, 1.82) is 0 Å². The average molecular weight is 331 g/mol. The minimum Gasteiger partial charge on any atom is -0.316 e. The van der Waals surface area contributed by atoms with Crippen molar-refractivity contribution < 1.29 is 13.2 Å². The Labute approximate surface area is 116 Å². The summed E-state index contributed by atoms with van der Waals surface area (Å²) in [7, 11) is 0. The maximum Gasteiger partial charge on any atom is 0.145 e. The molecule has 19 heavy (non-hydrogen) atoms. The normalized spacial score (nSPS) is 14.2. The summed E-state index contributed by atoms with van der Waals surface area (Å²) < 4.78 is 40.8. The highest BCUT2D eigenvalue weighted by molar-refractivity contribution is 9.10. The molecule has 2 N–H and O–H groups in total. The fourth-order valence-corrected chi connectivity index (χ4v) is 2.14. The van der Waals surface area contributed by atoms with Gasteiger partial charge in [0.1, 0.15) is 17.5 Å². The van der Waals surface area contributed by atoms with Crippen molar-refractivity contribution in [2.24, 2.45) is 5.73 Å². The van der Waals surface area contributed by atoms with Gasteiger partial charge in [0.05, 0.1) is 27.5 Å². The molecule has 1 aromatic carbocycles. The number of hydrogen-bond donors (Lipinski definition) is 1. The molecule has 1 heterocycles. The van der Waals surface area contributed by atoms with E-state index in [1.165, 1.54) is 19.1 Å². The zero-order chi connectivity index (χ0) is 14.2. The highest BCUT2D eigenvalue weighted by Crippen LogP contribution is 2.32. The minimum absolute atomic E-state index is 0.0997. The van der Waals surface area contributed by atoms with Crippen LogP contribution < -0.4 is 5.73 Å². The number of halogens is 4. The van der Waals surface area contributed by atoms with Crippen LogP contribution in [0.2, 0.25) is 0 Å². The van der Waals surface area contributed by atoms with Crippen LogP contribution in [0.1, 0.15) is 18.2 Å². The zero-order valence-corrected chi connectivity index (χ0v) is 11.5. The van der Waals surface area contributed by atoms with Crippen molar-refractivity contribution in [3.05, 3.63) is 63.6 Å². The Morgan fingerprint density at radius 2 is 1.84 bits per heavy atom. The van der Waals surface area contributed by atoms with E-state index < -0.39 is 23.0 Å². The SMILES string of the molecule is CC(N)(c1ccc(F)cn1)c1c(F)ccc(Br)c1F. The first-order chi connectivity index (χ1) is 8.84. The van der Waals surface area contributed by atoms with Gasteiger partial charge in [0.25, 0.3) is 0 Å². The van der Waals surface area contributed by atoms with Gasteiger partial charge in [0.2, 0.25) is 0 Å². The van der Waals surface area contributed by atoms with Gasteiger partial charge >= 0.3 is 0 Å². The largest absolute Gasteiger partial charge is 0.316 e. The number of pyridine rings is 1. The molecular weight excluding hydrogens is 321 g/mol. The van der Waals surface area contributed by atoms with Crippen LogP contribution in [-0.2, 0) is 5.54 Å². The molecule has 2 aromatic rings.